The van der Waals surface area contributed by atoms with E-state index in [9.17, 15) is 20.1 Å². The monoisotopic (exact) mass is 902 g/mol. The summed E-state index contributed by atoms with van der Waals surface area (Å²) in [7, 11) is 0. The molecule has 0 fully saturated rings. The molecule has 5 nitrogen and oxygen atoms in total. The maximum Gasteiger partial charge on any atom is 0.249 e. The molecule has 5 heteroatoms. The summed E-state index contributed by atoms with van der Waals surface area (Å²) in [6.45, 7) is 4.21. The van der Waals surface area contributed by atoms with Crippen LogP contribution in [0.15, 0.2) is 24.3 Å². The van der Waals surface area contributed by atoms with Crippen LogP contribution in [0.25, 0.3) is 0 Å². The van der Waals surface area contributed by atoms with Gasteiger partial charge < -0.3 is 20.6 Å². The third-order valence-electron chi connectivity index (χ3n) is 13.8. The number of rotatable bonds is 54. The highest BCUT2D eigenvalue weighted by atomic mass is 16.3. The molecule has 64 heavy (non-hydrogen) atoms. The molecule has 0 aromatic rings. The van der Waals surface area contributed by atoms with Crippen LogP contribution in [0.1, 0.15) is 322 Å². The minimum absolute atomic E-state index is 0.372. The summed E-state index contributed by atoms with van der Waals surface area (Å²) in [5, 5.41) is 33.4. The van der Waals surface area contributed by atoms with Gasteiger partial charge in [-0.25, -0.2) is 0 Å². The molecule has 0 rings (SSSR count). The molecule has 380 valence electrons. The van der Waals surface area contributed by atoms with Crippen LogP contribution in [0.4, 0.5) is 0 Å². The molecule has 0 spiro atoms. The van der Waals surface area contributed by atoms with Crippen LogP contribution >= 0.6 is 0 Å². The topological polar surface area (TPSA) is 89.8 Å². The molecule has 0 bridgehead atoms. The van der Waals surface area contributed by atoms with Gasteiger partial charge in [0.05, 0.1) is 18.8 Å². The maximum atomic E-state index is 12.6. The quantitative estimate of drug-likeness (QED) is 0.0362. The van der Waals surface area contributed by atoms with Gasteiger partial charge in [0.25, 0.3) is 0 Å². The van der Waals surface area contributed by atoms with E-state index in [1.54, 1.807) is 6.08 Å². The molecule has 0 aliphatic carbocycles. The van der Waals surface area contributed by atoms with E-state index in [4.69, 9.17) is 0 Å². The Labute approximate surface area is 401 Å². The predicted octanol–water partition coefficient (Wildman–Crippen LogP) is 18.1. The van der Waals surface area contributed by atoms with Gasteiger partial charge in [-0.3, -0.25) is 4.79 Å². The highest BCUT2D eigenvalue weighted by Gasteiger charge is 2.22. The Morgan fingerprint density at radius 1 is 0.375 bits per heavy atom. The molecule has 0 aromatic heterocycles. The second-order valence-electron chi connectivity index (χ2n) is 20.2. The first kappa shape index (κ1) is 62.8. The Hall–Kier alpha value is -1.17. The van der Waals surface area contributed by atoms with Crippen molar-refractivity contribution in [3.63, 3.8) is 0 Å². The minimum atomic E-state index is -1.10. The van der Waals surface area contributed by atoms with Gasteiger partial charge in [-0.15, -0.1) is 0 Å². The fourth-order valence-electron chi connectivity index (χ4n) is 9.26. The van der Waals surface area contributed by atoms with E-state index < -0.39 is 24.2 Å². The largest absolute Gasteiger partial charge is 0.394 e. The van der Waals surface area contributed by atoms with Crippen LogP contribution in [0, 0.1) is 0 Å². The third kappa shape index (κ3) is 48.8. The highest BCUT2D eigenvalue weighted by Crippen LogP contribution is 2.18. The minimum Gasteiger partial charge on any atom is -0.394 e. The van der Waals surface area contributed by atoms with Gasteiger partial charge >= 0.3 is 0 Å². The molecule has 3 unspecified atom stereocenters. The highest BCUT2D eigenvalue weighted by molar-refractivity contribution is 5.80. The van der Waals surface area contributed by atoms with Crippen LogP contribution in [-0.2, 0) is 4.79 Å². The molecule has 0 saturated carbocycles. The van der Waals surface area contributed by atoms with Gasteiger partial charge in [0.1, 0.15) is 6.10 Å². The lowest BCUT2D eigenvalue weighted by Crippen LogP contribution is -2.48. The number of aliphatic hydroxyl groups excluding tert-OH is 3. The number of hydrogen-bond acceptors (Lipinski definition) is 4. The average molecular weight is 903 g/mol. The lowest BCUT2D eigenvalue weighted by molar-refractivity contribution is -0.131. The summed E-state index contributed by atoms with van der Waals surface area (Å²) in [6, 6.07) is -0.812. The molecule has 0 aliphatic heterocycles. The zero-order valence-corrected chi connectivity index (χ0v) is 43.4. The molecular formula is C59H115NO4. The van der Waals surface area contributed by atoms with E-state index in [1.807, 2.05) is 6.08 Å². The molecule has 3 atom stereocenters. The molecule has 4 N–H and O–H groups in total. The predicted molar refractivity (Wildman–Crippen MR) is 282 cm³/mol. The van der Waals surface area contributed by atoms with Crippen molar-refractivity contribution in [1.82, 2.24) is 5.32 Å². The summed E-state index contributed by atoms with van der Waals surface area (Å²) >= 11 is 0. The van der Waals surface area contributed by atoms with Gasteiger partial charge in [-0.2, -0.15) is 0 Å². The zero-order valence-electron chi connectivity index (χ0n) is 43.4. The summed E-state index contributed by atoms with van der Waals surface area (Å²) in [5.74, 6) is -0.506. The SMILES string of the molecule is CCCCCCCCCCCCCCCCC/C=C/CC/C=C/C(O)C(CO)NC(=O)C(O)CCCCCCCCCCCCCCCCCCCCCCCCCCCCCCC. The van der Waals surface area contributed by atoms with Crippen LogP contribution in [0.5, 0.6) is 0 Å². The molecule has 0 saturated heterocycles. The molecule has 0 aromatic carbocycles. The first-order valence-electron chi connectivity index (χ1n) is 29.2. The Balaban J connectivity index is 3.55. The van der Waals surface area contributed by atoms with E-state index in [1.165, 1.54) is 263 Å². The van der Waals surface area contributed by atoms with Gasteiger partial charge in [0, 0.05) is 0 Å². The van der Waals surface area contributed by atoms with Gasteiger partial charge in [-0.05, 0) is 32.1 Å². The smallest absolute Gasteiger partial charge is 0.249 e. The van der Waals surface area contributed by atoms with Crippen LogP contribution in [0.3, 0.4) is 0 Å². The molecule has 0 radical (unpaired) electrons. The molecule has 0 heterocycles. The number of amides is 1. The number of hydrogen-bond donors (Lipinski definition) is 4. The van der Waals surface area contributed by atoms with Crippen LogP contribution in [-0.4, -0.2) is 46.1 Å². The number of allylic oxidation sites excluding steroid dienone is 3. The molecule has 0 aliphatic rings. The lowest BCUT2D eigenvalue weighted by atomic mass is 10.0. The summed E-state index contributed by atoms with van der Waals surface area (Å²) in [4.78, 5) is 12.6. The first-order chi connectivity index (χ1) is 31.6. The average Bonchev–Trinajstić information content (AvgIpc) is 3.30. The fourth-order valence-corrected chi connectivity index (χ4v) is 9.26. The van der Waals surface area contributed by atoms with Gasteiger partial charge in [0.15, 0.2) is 0 Å². The Kier molecular flexibility index (Phi) is 53.4. The number of carbonyl (C=O) groups is 1. The van der Waals surface area contributed by atoms with E-state index in [2.05, 4.69) is 31.3 Å². The second kappa shape index (κ2) is 54.4. The Morgan fingerprint density at radius 3 is 0.953 bits per heavy atom. The normalized spacial score (nSPS) is 13.4. The first-order valence-corrected chi connectivity index (χ1v) is 29.2. The van der Waals surface area contributed by atoms with Crippen LogP contribution in [0.2, 0.25) is 0 Å². The summed E-state index contributed by atoms with van der Waals surface area (Å²) < 4.78 is 0. The standard InChI is InChI=1S/C59H115NO4/c1-3-5-7-9-11-13-15-17-19-21-23-25-26-27-28-29-30-31-32-34-36-38-40-42-44-46-48-50-52-54-58(63)59(64)60-56(55-61)57(62)53-51-49-47-45-43-41-39-37-35-33-24-22-20-18-16-14-12-10-8-6-4-2/h43,45,51,53,56-58,61-63H,3-42,44,46-50,52,54-55H2,1-2H3,(H,60,64)/b45-43+,53-51+. The summed E-state index contributed by atoms with van der Waals surface area (Å²) in [6.07, 6.45) is 69.9. The number of carbonyl (C=O) groups excluding carboxylic acids is 1. The van der Waals surface area contributed by atoms with E-state index in [0.29, 0.717) is 6.42 Å². The van der Waals surface area contributed by atoms with Gasteiger partial charge in [-0.1, -0.05) is 314 Å². The van der Waals surface area contributed by atoms with Crippen molar-refractivity contribution in [2.75, 3.05) is 6.61 Å². The zero-order chi connectivity index (χ0) is 46.5. The van der Waals surface area contributed by atoms with Crippen molar-refractivity contribution >= 4 is 5.91 Å². The number of unbranched alkanes of at least 4 members (excludes halogenated alkanes) is 44. The molecular weight excluding hydrogens is 787 g/mol. The van der Waals surface area contributed by atoms with E-state index >= 15 is 0 Å². The van der Waals surface area contributed by atoms with E-state index in [0.717, 1.165) is 38.5 Å². The lowest BCUT2D eigenvalue weighted by Gasteiger charge is -2.21. The second-order valence-corrected chi connectivity index (χ2v) is 20.2. The maximum absolute atomic E-state index is 12.6. The van der Waals surface area contributed by atoms with Crippen molar-refractivity contribution < 1.29 is 20.1 Å². The van der Waals surface area contributed by atoms with Crippen molar-refractivity contribution in [1.29, 1.82) is 0 Å². The Bertz CT molecular complexity index is 951. The number of aliphatic hydroxyl groups is 3. The van der Waals surface area contributed by atoms with Crippen molar-refractivity contribution in [2.24, 2.45) is 0 Å². The number of nitrogens with one attached hydrogen (secondary N) is 1. The third-order valence-corrected chi connectivity index (χ3v) is 13.8. The molecule has 1 amide bonds. The van der Waals surface area contributed by atoms with E-state index in [-0.39, 0.29) is 6.61 Å². The van der Waals surface area contributed by atoms with Crippen molar-refractivity contribution in [3.8, 4) is 0 Å². The van der Waals surface area contributed by atoms with Gasteiger partial charge in [0.2, 0.25) is 5.91 Å². The summed E-state index contributed by atoms with van der Waals surface area (Å²) in [5.41, 5.74) is 0. The van der Waals surface area contributed by atoms with Crippen LogP contribution < -0.4 is 5.32 Å². The van der Waals surface area contributed by atoms with Crippen molar-refractivity contribution in [3.05, 3.63) is 24.3 Å². The fraction of sp³-hybridized carbons (Fsp3) is 0.915. The Morgan fingerprint density at radius 2 is 0.641 bits per heavy atom. The van der Waals surface area contributed by atoms with Crippen molar-refractivity contribution in [2.45, 2.75) is 340 Å².